The van der Waals surface area contributed by atoms with E-state index >= 15 is 0 Å². The van der Waals surface area contributed by atoms with Gasteiger partial charge in [-0.1, -0.05) is 60.7 Å². The minimum Gasteiger partial charge on any atom is -0.265 e. The number of aryl methyl sites for hydroxylation is 1. The van der Waals surface area contributed by atoms with Gasteiger partial charge in [-0.2, -0.15) is 0 Å². The number of aromatic nitrogens is 1. The van der Waals surface area contributed by atoms with Crippen molar-refractivity contribution in [1.29, 1.82) is 0 Å². The van der Waals surface area contributed by atoms with Crippen LogP contribution in [0.5, 0.6) is 0 Å². The average molecular weight is 287 g/mol. The Bertz CT molecular complexity index is 713. The van der Waals surface area contributed by atoms with E-state index in [4.69, 9.17) is 0 Å². The van der Waals surface area contributed by atoms with E-state index < -0.39 is 8.07 Å². The van der Waals surface area contributed by atoms with Gasteiger partial charge in [-0.05, 0) is 39.7 Å². The molecule has 102 valence electrons. The van der Waals surface area contributed by atoms with E-state index in [0.717, 1.165) is 0 Å². The van der Waals surface area contributed by atoms with Gasteiger partial charge in [0.15, 0.2) is 8.07 Å². The first kappa shape index (κ1) is 12.5. The molecule has 0 aliphatic carbocycles. The van der Waals surface area contributed by atoms with Crippen molar-refractivity contribution in [1.82, 2.24) is 4.98 Å². The quantitative estimate of drug-likeness (QED) is 0.658. The third-order valence-corrected chi connectivity index (χ3v) is 9.68. The Balaban J connectivity index is 2.02. The van der Waals surface area contributed by atoms with Gasteiger partial charge in [0.25, 0.3) is 0 Å². The van der Waals surface area contributed by atoms with Crippen molar-refractivity contribution in [2.45, 2.75) is 12.5 Å². The predicted molar refractivity (Wildman–Crippen MR) is 90.3 cm³/mol. The summed E-state index contributed by atoms with van der Waals surface area (Å²) in [5.74, 6) is 0. The molecule has 3 aromatic rings. The van der Waals surface area contributed by atoms with E-state index in [9.17, 15) is 0 Å². The predicted octanol–water partition coefficient (Wildman–Crippen LogP) is 2.11. The molecular formula is C19H17NSi. The van der Waals surface area contributed by atoms with E-state index in [2.05, 4.69) is 77.9 Å². The fraction of sp³-hybridized carbons (Fsp3) is 0.105. The molecule has 2 aromatic carbocycles. The molecule has 0 radical (unpaired) electrons. The highest BCUT2D eigenvalue weighted by Gasteiger charge is 2.44. The minimum atomic E-state index is -1.87. The zero-order chi connectivity index (χ0) is 14.1. The van der Waals surface area contributed by atoms with Crippen LogP contribution in [0.25, 0.3) is 0 Å². The summed E-state index contributed by atoms with van der Waals surface area (Å²) in [7, 11) is -1.87. The van der Waals surface area contributed by atoms with Crippen molar-refractivity contribution in [3.8, 4) is 0 Å². The van der Waals surface area contributed by atoms with E-state index in [-0.39, 0.29) is 0 Å². The van der Waals surface area contributed by atoms with Crippen LogP contribution in [-0.2, 0) is 6.42 Å². The zero-order valence-corrected chi connectivity index (χ0v) is 12.9. The van der Waals surface area contributed by atoms with Crippen molar-refractivity contribution in [2.24, 2.45) is 0 Å². The second-order valence-electron chi connectivity index (χ2n) is 5.67. The normalized spacial score (nSPS) is 15.6. The highest BCUT2D eigenvalue weighted by molar-refractivity contribution is 7.12. The summed E-state index contributed by atoms with van der Waals surface area (Å²) < 4.78 is 0. The lowest BCUT2D eigenvalue weighted by Gasteiger charge is -2.29. The summed E-state index contributed by atoms with van der Waals surface area (Å²) >= 11 is 0. The molecule has 0 fully saturated rings. The Morgan fingerprint density at radius 3 is 2.00 bits per heavy atom. The second-order valence-corrected chi connectivity index (χ2v) is 9.67. The van der Waals surface area contributed by atoms with Gasteiger partial charge >= 0.3 is 0 Å². The van der Waals surface area contributed by atoms with Crippen molar-refractivity contribution in [3.05, 3.63) is 84.7 Å². The third-order valence-electron chi connectivity index (χ3n) is 4.67. The van der Waals surface area contributed by atoms with E-state index in [0.29, 0.717) is 0 Å². The topological polar surface area (TPSA) is 12.9 Å². The van der Waals surface area contributed by atoms with Crippen LogP contribution < -0.4 is 15.6 Å². The van der Waals surface area contributed by atoms with Crippen LogP contribution in [0.3, 0.4) is 0 Å². The van der Waals surface area contributed by atoms with Crippen molar-refractivity contribution in [2.75, 3.05) is 0 Å². The van der Waals surface area contributed by atoms with Crippen LogP contribution in [0.4, 0.5) is 0 Å². The van der Waals surface area contributed by atoms with Crippen LogP contribution in [0, 0.1) is 0 Å². The van der Waals surface area contributed by atoms with Crippen molar-refractivity contribution >= 4 is 23.6 Å². The number of fused-ring (bicyclic) bond motifs is 1. The maximum atomic E-state index is 4.44. The number of pyridine rings is 1. The van der Waals surface area contributed by atoms with Crippen LogP contribution in [-0.4, -0.2) is 13.1 Å². The fourth-order valence-electron chi connectivity index (χ4n) is 3.69. The van der Waals surface area contributed by atoms with Gasteiger partial charge in [0.2, 0.25) is 0 Å². The molecule has 0 saturated carbocycles. The summed E-state index contributed by atoms with van der Waals surface area (Å²) in [6, 6.07) is 25.6. The average Bonchev–Trinajstić information content (AvgIpc) is 2.97. The third kappa shape index (κ3) is 1.87. The molecule has 1 aliphatic rings. The SMILES string of the molecule is c1ccc([Si]2(c3ccccc3)CCc3ccncc32)cc1. The molecule has 21 heavy (non-hydrogen) atoms. The Kier molecular flexibility index (Phi) is 2.97. The van der Waals surface area contributed by atoms with Gasteiger partial charge in [0.05, 0.1) is 0 Å². The Morgan fingerprint density at radius 2 is 1.38 bits per heavy atom. The largest absolute Gasteiger partial charge is 0.265 e. The van der Waals surface area contributed by atoms with Gasteiger partial charge in [-0.25, -0.2) is 0 Å². The van der Waals surface area contributed by atoms with Crippen molar-refractivity contribution < 1.29 is 0 Å². The number of nitrogens with zero attached hydrogens (tertiary/aromatic N) is 1. The summed E-state index contributed by atoms with van der Waals surface area (Å²) in [6.45, 7) is 0. The highest BCUT2D eigenvalue weighted by Crippen LogP contribution is 2.23. The number of benzene rings is 2. The molecule has 2 heterocycles. The lowest BCUT2D eigenvalue weighted by molar-refractivity contribution is 1.15. The van der Waals surface area contributed by atoms with E-state index in [1.54, 1.807) is 0 Å². The standard InChI is InChI=1S/C19H17NSi/c1-3-7-17(8-4-1)21(18-9-5-2-6-10-18)14-12-16-11-13-20-15-19(16)21/h1-11,13,15H,12,14H2. The molecule has 0 saturated heterocycles. The lowest BCUT2D eigenvalue weighted by atomic mass is 10.2. The van der Waals surface area contributed by atoms with Crippen LogP contribution in [0.15, 0.2) is 79.1 Å². The maximum absolute atomic E-state index is 4.44. The van der Waals surface area contributed by atoms with Gasteiger partial charge in [0, 0.05) is 12.4 Å². The number of hydrogen-bond acceptors (Lipinski definition) is 1. The van der Waals surface area contributed by atoms with E-state index in [1.165, 1.54) is 33.6 Å². The minimum absolute atomic E-state index is 1.17. The van der Waals surface area contributed by atoms with Crippen LogP contribution in [0.1, 0.15) is 5.56 Å². The number of rotatable bonds is 2. The first-order valence-electron chi connectivity index (χ1n) is 7.46. The fourth-order valence-corrected chi connectivity index (χ4v) is 8.71. The highest BCUT2D eigenvalue weighted by atomic mass is 28.3. The van der Waals surface area contributed by atoms with Gasteiger partial charge in [0.1, 0.15) is 0 Å². The molecule has 1 nitrogen and oxygen atoms in total. The van der Waals surface area contributed by atoms with Gasteiger partial charge < -0.3 is 0 Å². The molecule has 1 aliphatic heterocycles. The molecule has 2 heteroatoms. The van der Waals surface area contributed by atoms with Gasteiger partial charge in [-0.3, -0.25) is 4.98 Å². The maximum Gasteiger partial charge on any atom is 0.151 e. The molecular weight excluding hydrogens is 270 g/mol. The zero-order valence-electron chi connectivity index (χ0n) is 11.9. The molecule has 0 N–H and O–H groups in total. The molecule has 0 unspecified atom stereocenters. The Morgan fingerprint density at radius 1 is 0.762 bits per heavy atom. The number of hydrogen-bond donors (Lipinski definition) is 0. The molecule has 0 amide bonds. The summed E-state index contributed by atoms with van der Waals surface area (Å²) in [6.07, 6.45) is 5.22. The first-order chi connectivity index (χ1) is 10.4. The molecule has 0 spiro atoms. The van der Waals surface area contributed by atoms with Gasteiger partial charge in [-0.15, -0.1) is 0 Å². The van der Waals surface area contributed by atoms with Crippen LogP contribution in [0.2, 0.25) is 6.04 Å². The molecule has 4 rings (SSSR count). The Labute approximate surface area is 126 Å². The molecule has 0 bridgehead atoms. The second kappa shape index (κ2) is 4.97. The summed E-state index contributed by atoms with van der Waals surface area (Å²) in [5, 5.41) is 4.51. The van der Waals surface area contributed by atoms with E-state index in [1.807, 2.05) is 6.20 Å². The first-order valence-corrected chi connectivity index (χ1v) is 9.66. The monoisotopic (exact) mass is 287 g/mol. The summed E-state index contributed by atoms with van der Waals surface area (Å²) in [4.78, 5) is 4.44. The lowest BCUT2D eigenvalue weighted by Crippen LogP contribution is -2.65. The molecule has 0 atom stereocenters. The van der Waals surface area contributed by atoms with Crippen molar-refractivity contribution in [3.63, 3.8) is 0 Å². The van der Waals surface area contributed by atoms with Crippen LogP contribution >= 0.6 is 0 Å². The molecule has 1 aromatic heterocycles. The smallest absolute Gasteiger partial charge is 0.151 e. The summed E-state index contributed by atoms with van der Waals surface area (Å²) in [5.41, 5.74) is 1.49. The Hall–Kier alpha value is -2.19.